The van der Waals surface area contributed by atoms with Crippen LogP contribution >= 0.6 is 0 Å². The van der Waals surface area contributed by atoms with E-state index in [-0.39, 0.29) is 5.91 Å². The highest BCUT2D eigenvalue weighted by Gasteiger charge is 2.26. The van der Waals surface area contributed by atoms with Crippen molar-refractivity contribution in [3.8, 4) is 0 Å². The zero-order chi connectivity index (χ0) is 18.5. The molecule has 0 aliphatic carbocycles. The van der Waals surface area contributed by atoms with E-state index in [9.17, 15) is 4.79 Å². The minimum Gasteiger partial charge on any atom is -0.362 e. The predicted molar refractivity (Wildman–Crippen MR) is 110 cm³/mol. The van der Waals surface area contributed by atoms with Crippen molar-refractivity contribution in [3.63, 3.8) is 0 Å². The fourth-order valence-corrected chi connectivity index (χ4v) is 4.04. The van der Waals surface area contributed by atoms with Crippen LogP contribution in [0.2, 0.25) is 0 Å². The van der Waals surface area contributed by atoms with Gasteiger partial charge in [0.15, 0.2) is 0 Å². The number of hydrogen-bond donors (Lipinski definition) is 1. The lowest BCUT2D eigenvalue weighted by molar-refractivity contribution is -0.898. The topological polar surface area (TPSA) is 28.0 Å². The lowest BCUT2D eigenvalue weighted by Gasteiger charge is -2.33. The number of hydrogen-bond acceptors (Lipinski definition) is 2. The molecular weight excluding hydrogens is 334 g/mol. The van der Waals surface area contributed by atoms with Gasteiger partial charge in [0, 0.05) is 12.2 Å². The number of fused-ring (bicyclic) bond motifs is 1. The molecule has 27 heavy (non-hydrogen) atoms. The summed E-state index contributed by atoms with van der Waals surface area (Å²) in [7, 11) is 0. The fraction of sp³-hybridized carbons (Fsp3) is 0.348. The molecule has 1 saturated heterocycles. The number of para-hydroxylation sites is 1. The summed E-state index contributed by atoms with van der Waals surface area (Å²) < 4.78 is 0. The Balaban J connectivity index is 1.23. The van der Waals surface area contributed by atoms with E-state index in [1.165, 1.54) is 16.8 Å². The average molecular weight is 362 g/mol. The molecule has 0 aromatic heterocycles. The largest absolute Gasteiger partial charge is 0.362 e. The van der Waals surface area contributed by atoms with Crippen LogP contribution in [0.5, 0.6) is 0 Å². The highest BCUT2D eigenvalue weighted by atomic mass is 16.2. The van der Waals surface area contributed by atoms with Crippen LogP contribution in [0.3, 0.4) is 0 Å². The molecule has 4 nitrogen and oxygen atoms in total. The molecule has 2 heterocycles. The quantitative estimate of drug-likeness (QED) is 0.873. The van der Waals surface area contributed by atoms with Crippen LogP contribution in [0.25, 0.3) is 6.08 Å². The molecule has 140 valence electrons. The van der Waals surface area contributed by atoms with Gasteiger partial charge in [0.25, 0.3) is 0 Å². The van der Waals surface area contributed by atoms with Crippen molar-refractivity contribution in [1.82, 2.24) is 4.90 Å². The molecule has 2 aliphatic rings. The van der Waals surface area contributed by atoms with E-state index in [0.717, 1.165) is 45.7 Å². The number of benzene rings is 2. The van der Waals surface area contributed by atoms with E-state index in [2.05, 4.69) is 65.6 Å². The van der Waals surface area contributed by atoms with Crippen LogP contribution in [-0.2, 0) is 11.2 Å². The first-order valence-electron chi connectivity index (χ1n) is 9.95. The molecule has 0 radical (unpaired) electrons. The van der Waals surface area contributed by atoms with Crippen LogP contribution in [0.1, 0.15) is 11.1 Å². The number of quaternary nitrogens is 1. The number of anilines is 1. The molecule has 2 aliphatic heterocycles. The van der Waals surface area contributed by atoms with Crippen molar-refractivity contribution in [3.05, 3.63) is 71.8 Å². The average Bonchev–Trinajstić information content (AvgIpc) is 3.12. The Morgan fingerprint density at radius 3 is 2.52 bits per heavy atom. The molecular formula is C23H28N3O+. The van der Waals surface area contributed by atoms with Crippen LogP contribution in [0.4, 0.5) is 5.69 Å². The minimum atomic E-state index is 0.269. The summed E-state index contributed by atoms with van der Waals surface area (Å²) in [5.74, 6) is 0.269. The van der Waals surface area contributed by atoms with Crippen molar-refractivity contribution in [1.29, 1.82) is 0 Å². The van der Waals surface area contributed by atoms with Gasteiger partial charge < -0.3 is 14.7 Å². The second-order valence-corrected chi connectivity index (χ2v) is 7.45. The fourth-order valence-electron chi connectivity index (χ4n) is 4.04. The van der Waals surface area contributed by atoms with Gasteiger partial charge in [-0.15, -0.1) is 0 Å². The van der Waals surface area contributed by atoms with Crippen molar-refractivity contribution in [2.45, 2.75) is 6.42 Å². The molecule has 0 saturated carbocycles. The van der Waals surface area contributed by atoms with Crippen LogP contribution in [0, 0.1) is 0 Å². The van der Waals surface area contributed by atoms with E-state index in [1.807, 2.05) is 11.0 Å². The van der Waals surface area contributed by atoms with E-state index in [4.69, 9.17) is 0 Å². The Kier molecular flexibility index (Phi) is 5.54. The van der Waals surface area contributed by atoms with Gasteiger partial charge in [0.05, 0.1) is 39.3 Å². The molecule has 1 amide bonds. The number of nitrogens with one attached hydrogen (secondary N) is 1. The number of nitrogens with zero attached hydrogens (tertiary/aromatic N) is 2. The van der Waals surface area contributed by atoms with Gasteiger partial charge in [-0.05, 0) is 29.7 Å². The van der Waals surface area contributed by atoms with Gasteiger partial charge in [0.1, 0.15) is 0 Å². The zero-order valence-electron chi connectivity index (χ0n) is 15.8. The predicted octanol–water partition coefficient (Wildman–Crippen LogP) is 1.49. The van der Waals surface area contributed by atoms with E-state index in [0.29, 0.717) is 6.54 Å². The third kappa shape index (κ3) is 4.40. The van der Waals surface area contributed by atoms with E-state index < -0.39 is 0 Å². The summed E-state index contributed by atoms with van der Waals surface area (Å²) in [6.07, 6.45) is 5.49. The zero-order valence-corrected chi connectivity index (χ0v) is 15.8. The smallest absolute Gasteiger partial charge is 0.242 e. The lowest BCUT2D eigenvalue weighted by atomic mass is 10.2. The highest BCUT2D eigenvalue weighted by molar-refractivity contribution is 5.82. The molecule has 1 fully saturated rings. The second kappa shape index (κ2) is 8.40. The van der Waals surface area contributed by atoms with Crippen LogP contribution in [-0.4, -0.2) is 56.6 Å². The summed E-state index contributed by atoms with van der Waals surface area (Å²) >= 11 is 0. The molecule has 1 N–H and O–H groups in total. The summed E-state index contributed by atoms with van der Waals surface area (Å²) in [6.45, 7) is 6.28. The summed E-state index contributed by atoms with van der Waals surface area (Å²) in [5.41, 5.74) is 3.85. The Hall–Kier alpha value is -2.59. The van der Waals surface area contributed by atoms with Gasteiger partial charge in [-0.2, -0.15) is 0 Å². The van der Waals surface area contributed by atoms with E-state index in [1.54, 1.807) is 4.90 Å². The maximum absolute atomic E-state index is 12.7. The number of amides is 1. The molecule has 0 unspecified atom stereocenters. The van der Waals surface area contributed by atoms with Crippen LogP contribution in [0.15, 0.2) is 60.7 Å². The number of rotatable bonds is 5. The van der Waals surface area contributed by atoms with Gasteiger partial charge in [-0.3, -0.25) is 4.79 Å². The normalized spacial score (nSPS) is 17.5. The monoisotopic (exact) mass is 362 g/mol. The summed E-state index contributed by atoms with van der Waals surface area (Å²) in [5, 5.41) is 0. The molecule has 0 spiro atoms. The highest BCUT2D eigenvalue weighted by Crippen LogP contribution is 2.27. The van der Waals surface area contributed by atoms with Crippen molar-refractivity contribution in [2.75, 3.05) is 50.7 Å². The van der Waals surface area contributed by atoms with Crippen LogP contribution < -0.4 is 9.80 Å². The first-order valence-corrected chi connectivity index (χ1v) is 9.95. The first kappa shape index (κ1) is 17.8. The van der Waals surface area contributed by atoms with Gasteiger partial charge in [-0.25, -0.2) is 0 Å². The Bertz CT molecular complexity index is 794. The third-order valence-corrected chi connectivity index (χ3v) is 5.65. The lowest BCUT2D eigenvalue weighted by Crippen LogP contribution is -3.14. The van der Waals surface area contributed by atoms with E-state index >= 15 is 0 Å². The number of carbonyl (C=O) groups excluding carboxylic acids is 1. The van der Waals surface area contributed by atoms with Gasteiger partial charge >= 0.3 is 0 Å². The van der Waals surface area contributed by atoms with Gasteiger partial charge in [0.2, 0.25) is 5.91 Å². The number of carbonyl (C=O) groups is 1. The van der Waals surface area contributed by atoms with Gasteiger partial charge in [-0.1, -0.05) is 54.6 Å². The first-order chi connectivity index (χ1) is 13.3. The molecule has 4 heteroatoms. The van der Waals surface area contributed by atoms with Crippen molar-refractivity contribution in [2.24, 2.45) is 0 Å². The molecule has 0 atom stereocenters. The maximum Gasteiger partial charge on any atom is 0.242 e. The SMILES string of the molecule is O=C(CN1CCc2ccccc21)N1CC[NH+](C/C=C/c2ccccc2)CC1. The third-order valence-electron chi connectivity index (χ3n) is 5.65. The van der Waals surface area contributed by atoms with Crippen molar-refractivity contribution >= 4 is 17.7 Å². The minimum absolute atomic E-state index is 0.269. The molecule has 2 aromatic carbocycles. The molecule has 0 bridgehead atoms. The molecule has 4 rings (SSSR count). The summed E-state index contributed by atoms with van der Waals surface area (Å²) in [6, 6.07) is 18.9. The summed E-state index contributed by atoms with van der Waals surface area (Å²) in [4.78, 5) is 18.6. The Morgan fingerprint density at radius 2 is 1.70 bits per heavy atom. The maximum atomic E-state index is 12.7. The Morgan fingerprint density at radius 1 is 0.963 bits per heavy atom. The Labute approximate surface area is 161 Å². The second-order valence-electron chi connectivity index (χ2n) is 7.45. The molecule has 2 aromatic rings. The number of piperazine rings is 1. The van der Waals surface area contributed by atoms with Crippen molar-refractivity contribution < 1.29 is 9.69 Å². The standard InChI is InChI=1S/C23H27N3O/c27-23(19-26-14-12-21-10-4-5-11-22(21)26)25-17-15-24(16-18-25)13-6-9-20-7-2-1-3-8-20/h1-11H,12-19H2/p+1/b9-6+.